The first kappa shape index (κ1) is 23.6. The number of anilines is 2. The van der Waals surface area contributed by atoms with Crippen molar-refractivity contribution >= 4 is 47.2 Å². The average molecular weight is 426 g/mol. The smallest absolute Gasteiger partial charge is 0.259 e. The minimum atomic E-state index is -0.353. The van der Waals surface area contributed by atoms with E-state index in [4.69, 9.17) is 22.1 Å². The van der Waals surface area contributed by atoms with Crippen molar-refractivity contribution in [3.63, 3.8) is 0 Å². The number of halogens is 2. The molecule has 8 heteroatoms. The predicted octanol–water partition coefficient (Wildman–Crippen LogP) is 4.36. The summed E-state index contributed by atoms with van der Waals surface area (Å²) < 4.78 is 5.21. The van der Waals surface area contributed by atoms with Gasteiger partial charge in [0.1, 0.15) is 5.75 Å². The molecule has 0 fully saturated rings. The number of carbonyl (C=O) groups excluding carboxylic acids is 2. The Hall–Kier alpha value is -2.44. The highest BCUT2D eigenvalue weighted by molar-refractivity contribution is 6.33. The van der Waals surface area contributed by atoms with Gasteiger partial charge in [-0.05, 0) is 37.6 Å². The zero-order valence-electron chi connectivity index (χ0n) is 16.3. The molecule has 0 aromatic heterocycles. The highest BCUT2D eigenvalue weighted by Gasteiger charge is 2.16. The van der Waals surface area contributed by atoms with Gasteiger partial charge in [0.05, 0.1) is 23.4 Å². The topological polar surface area (TPSA) is 84.7 Å². The van der Waals surface area contributed by atoms with Gasteiger partial charge in [-0.15, -0.1) is 12.4 Å². The van der Waals surface area contributed by atoms with Crippen LogP contribution in [0.4, 0.5) is 11.4 Å². The molecule has 0 aliphatic rings. The number of nitrogens with one attached hydrogen (secondary N) is 1. The van der Waals surface area contributed by atoms with Gasteiger partial charge in [0, 0.05) is 31.3 Å². The quantitative estimate of drug-likeness (QED) is 0.673. The number of rotatable bonds is 6. The lowest BCUT2D eigenvalue weighted by molar-refractivity contribution is -0.131. The SMILES string of the molecule is COc1cc(N)c(Cl)cc1C(=O)Nc1ccc(CN(C(C)=O)C(C)C)cc1.Cl. The molecule has 6 nitrogen and oxygen atoms in total. The molecule has 0 bridgehead atoms. The molecule has 0 spiro atoms. The van der Waals surface area contributed by atoms with Crippen molar-refractivity contribution in [3.05, 3.63) is 52.5 Å². The molecule has 2 aromatic carbocycles. The van der Waals surface area contributed by atoms with Crippen LogP contribution in [0, 0.1) is 0 Å². The molecule has 0 atom stereocenters. The largest absolute Gasteiger partial charge is 0.496 e. The van der Waals surface area contributed by atoms with Crippen LogP contribution in [0.25, 0.3) is 0 Å². The van der Waals surface area contributed by atoms with E-state index in [0.29, 0.717) is 29.2 Å². The number of methoxy groups -OCH3 is 1. The van der Waals surface area contributed by atoms with Crippen LogP contribution in [0.15, 0.2) is 36.4 Å². The summed E-state index contributed by atoms with van der Waals surface area (Å²) in [5, 5.41) is 3.09. The standard InChI is InChI=1S/C20H24ClN3O3.ClH/c1-12(2)24(13(3)25)11-14-5-7-15(8-6-14)23-20(26)16-9-17(21)18(22)10-19(16)27-4;/h5-10,12H,11,22H2,1-4H3,(H,23,26);1H. The molecule has 0 aliphatic heterocycles. The summed E-state index contributed by atoms with van der Waals surface area (Å²) in [4.78, 5) is 26.0. The van der Waals surface area contributed by atoms with E-state index in [9.17, 15) is 9.59 Å². The van der Waals surface area contributed by atoms with Crippen LogP contribution >= 0.6 is 24.0 Å². The number of amides is 2. The summed E-state index contributed by atoms with van der Waals surface area (Å²) in [6.07, 6.45) is 0. The van der Waals surface area contributed by atoms with Crippen molar-refractivity contribution in [1.82, 2.24) is 4.90 Å². The van der Waals surface area contributed by atoms with Gasteiger partial charge >= 0.3 is 0 Å². The normalized spacial score (nSPS) is 10.2. The van der Waals surface area contributed by atoms with Gasteiger partial charge in [-0.2, -0.15) is 0 Å². The first-order chi connectivity index (χ1) is 12.7. The molecule has 0 heterocycles. The number of nitrogens with zero attached hydrogens (tertiary/aromatic N) is 1. The monoisotopic (exact) mass is 425 g/mol. The van der Waals surface area contributed by atoms with Crippen molar-refractivity contribution in [2.75, 3.05) is 18.2 Å². The molecule has 0 radical (unpaired) electrons. The zero-order chi connectivity index (χ0) is 20.1. The van der Waals surface area contributed by atoms with Crippen LogP contribution in [0.3, 0.4) is 0 Å². The summed E-state index contributed by atoms with van der Waals surface area (Å²) in [7, 11) is 1.46. The fourth-order valence-electron chi connectivity index (χ4n) is 2.66. The second-order valence-electron chi connectivity index (χ2n) is 6.47. The molecule has 0 unspecified atom stereocenters. The van der Waals surface area contributed by atoms with Crippen LogP contribution in [-0.4, -0.2) is 29.9 Å². The lowest BCUT2D eigenvalue weighted by Gasteiger charge is -2.25. The van der Waals surface area contributed by atoms with E-state index in [2.05, 4.69) is 5.32 Å². The zero-order valence-corrected chi connectivity index (χ0v) is 17.9. The highest BCUT2D eigenvalue weighted by Crippen LogP contribution is 2.29. The minimum Gasteiger partial charge on any atom is -0.496 e. The van der Waals surface area contributed by atoms with Gasteiger partial charge in [-0.25, -0.2) is 0 Å². The molecular weight excluding hydrogens is 401 g/mol. The summed E-state index contributed by atoms with van der Waals surface area (Å²) in [6, 6.07) is 10.4. The van der Waals surface area contributed by atoms with E-state index in [0.717, 1.165) is 5.56 Å². The summed E-state index contributed by atoms with van der Waals surface area (Å²) in [6.45, 7) is 6.02. The number of benzene rings is 2. The molecule has 152 valence electrons. The number of hydrogen-bond donors (Lipinski definition) is 2. The number of hydrogen-bond acceptors (Lipinski definition) is 4. The maximum absolute atomic E-state index is 12.6. The van der Waals surface area contributed by atoms with Crippen molar-refractivity contribution < 1.29 is 14.3 Å². The first-order valence-electron chi connectivity index (χ1n) is 8.53. The summed E-state index contributed by atoms with van der Waals surface area (Å²) in [5.74, 6) is 0.0174. The third-order valence-corrected chi connectivity index (χ3v) is 4.48. The van der Waals surface area contributed by atoms with Gasteiger partial charge in [-0.3, -0.25) is 9.59 Å². The van der Waals surface area contributed by atoms with E-state index < -0.39 is 0 Å². The van der Waals surface area contributed by atoms with Gasteiger partial charge in [-0.1, -0.05) is 23.7 Å². The highest BCUT2D eigenvalue weighted by atomic mass is 35.5. The second-order valence-corrected chi connectivity index (χ2v) is 6.87. The maximum atomic E-state index is 12.6. The van der Waals surface area contributed by atoms with Crippen molar-refractivity contribution in [1.29, 1.82) is 0 Å². The molecule has 2 rings (SSSR count). The Balaban J connectivity index is 0.00000392. The molecule has 0 saturated heterocycles. The number of carbonyl (C=O) groups is 2. The van der Waals surface area contributed by atoms with Gasteiger partial charge in [0.2, 0.25) is 5.91 Å². The molecule has 0 saturated carbocycles. The van der Waals surface area contributed by atoms with E-state index in [1.807, 2.05) is 26.0 Å². The molecular formula is C20H25Cl2N3O3. The third kappa shape index (κ3) is 5.78. The molecule has 2 aromatic rings. The van der Waals surface area contributed by atoms with Crippen LogP contribution < -0.4 is 15.8 Å². The van der Waals surface area contributed by atoms with Gasteiger partial charge in [0.25, 0.3) is 5.91 Å². The van der Waals surface area contributed by atoms with E-state index in [1.54, 1.807) is 24.0 Å². The first-order valence-corrected chi connectivity index (χ1v) is 8.91. The maximum Gasteiger partial charge on any atom is 0.259 e. The van der Waals surface area contributed by atoms with Crippen LogP contribution in [0.1, 0.15) is 36.7 Å². The number of ether oxygens (including phenoxy) is 1. The Bertz CT molecular complexity index is 839. The molecule has 3 N–H and O–H groups in total. The molecule has 2 amide bonds. The van der Waals surface area contributed by atoms with Gasteiger partial charge in [0.15, 0.2) is 0 Å². The second kappa shape index (κ2) is 10.2. The van der Waals surface area contributed by atoms with E-state index in [1.165, 1.54) is 19.2 Å². The van der Waals surface area contributed by atoms with Crippen LogP contribution in [-0.2, 0) is 11.3 Å². The minimum absolute atomic E-state index is 0. The van der Waals surface area contributed by atoms with Crippen molar-refractivity contribution in [2.24, 2.45) is 0 Å². The lowest BCUT2D eigenvalue weighted by Crippen LogP contribution is -2.34. The summed E-state index contributed by atoms with van der Waals surface area (Å²) >= 11 is 6.02. The average Bonchev–Trinajstić information content (AvgIpc) is 2.62. The fraction of sp³-hybridized carbons (Fsp3) is 0.300. The Labute approximate surface area is 176 Å². The molecule has 0 aliphatic carbocycles. The van der Waals surface area contributed by atoms with E-state index in [-0.39, 0.29) is 35.3 Å². The Kier molecular flexibility index (Phi) is 8.60. The van der Waals surface area contributed by atoms with Crippen LogP contribution in [0.2, 0.25) is 5.02 Å². The van der Waals surface area contributed by atoms with Crippen molar-refractivity contribution in [3.8, 4) is 5.75 Å². The molecule has 28 heavy (non-hydrogen) atoms. The van der Waals surface area contributed by atoms with E-state index >= 15 is 0 Å². The van der Waals surface area contributed by atoms with Crippen LogP contribution in [0.5, 0.6) is 5.75 Å². The Morgan fingerprint density at radius 3 is 2.32 bits per heavy atom. The Morgan fingerprint density at radius 2 is 1.82 bits per heavy atom. The summed E-state index contributed by atoms with van der Waals surface area (Å²) in [5.41, 5.74) is 7.98. The van der Waals surface area contributed by atoms with Crippen molar-refractivity contribution in [2.45, 2.75) is 33.4 Å². The fourth-order valence-corrected chi connectivity index (χ4v) is 2.83. The lowest BCUT2D eigenvalue weighted by atomic mass is 10.1. The predicted molar refractivity (Wildman–Crippen MR) is 115 cm³/mol. The third-order valence-electron chi connectivity index (χ3n) is 4.16. The van der Waals surface area contributed by atoms with Gasteiger partial charge < -0.3 is 20.7 Å². The Morgan fingerprint density at radius 1 is 1.21 bits per heavy atom. The number of nitrogen functional groups attached to an aromatic ring is 1. The number of nitrogens with two attached hydrogens (primary N) is 1.